The second-order valence-corrected chi connectivity index (χ2v) is 8.10. The molecule has 0 aromatic carbocycles. The molecule has 0 saturated carbocycles. The molecule has 0 aliphatic carbocycles. The summed E-state index contributed by atoms with van der Waals surface area (Å²) in [4.78, 5) is 3.89. The van der Waals surface area contributed by atoms with Gasteiger partial charge in [0.1, 0.15) is 0 Å². The average Bonchev–Trinajstić information content (AvgIpc) is 2.85. The van der Waals surface area contributed by atoms with Gasteiger partial charge in [0, 0.05) is 47.6 Å². The van der Waals surface area contributed by atoms with Crippen LogP contribution in [0.5, 0.6) is 0 Å². The summed E-state index contributed by atoms with van der Waals surface area (Å²) in [5.41, 5.74) is 0.372. The first-order valence-electron chi connectivity index (χ1n) is 7.83. The summed E-state index contributed by atoms with van der Waals surface area (Å²) in [5, 5.41) is 5.79. The summed E-state index contributed by atoms with van der Waals surface area (Å²) in [5.74, 6) is 0. The molecule has 1 aromatic heterocycles. The monoisotopic (exact) mass is 374 g/mol. The molecule has 0 spiro atoms. The van der Waals surface area contributed by atoms with Crippen molar-refractivity contribution in [1.29, 1.82) is 0 Å². The van der Waals surface area contributed by atoms with Crippen molar-refractivity contribution in [2.75, 3.05) is 39.9 Å². The lowest BCUT2D eigenvalue weighted by Crippen LogP contribution is -2.46. The van der Waals surface area contributed by atoms with Crippen molar-refractivity contribution >= 4 is 27.3 Å². The fraction of sp³-hybridized carbons (Fsp3) is 0.750. The lowest BCUT2D eigenvalue weighted by atomic mass is 9.79. The van der Waals surface area contributed by atoms with Gasteiger partial charge in [-0.3, -0.25) is 0 Å². The van der Waals surface area contributed by atoms with Crippen molar-refractivity contribution in [1.82, 2.24) is 10.2 Å². The predicted molar refractivity (Wildman–Crippen MR) is 94.0 cm³/mol. The number of hydrogen-bond acceptors (Lipinski definition) is 4. The molecule has 2 heterocycles. The van der Waals surface area contributed by atoms with Crippen LogP contribution in [-0.2, 0) is 11.3 Å². The molecule has 1 fully saturated rings. The van der Waals surface area contributed by atoms with Gasteiger partial charge in [-0.15, -0.1) is 11.3 Å². The minimum atomic E-state index is 0.372. The van der Waals surface area contributed by atoms with Gasteiger partial charge in [0.15, 0.2) is 0 Å². The predicted octanol–water partition coefficient (Wildman–Crippen LogP) is 3.74. The third kappa shape index (κ3) is 5.64. The average molecular weight is 375 g/mol. The van der Waals surface area contributed by atoms with Crippen LogP contribution < -0.4 is 5.32 Å². The number of nitrogens with zero attached hydrogens (tertiary/aromatic N) is 1. The minimum Gasteiger partial charge on any atom is -0.381 e. The van der Waals surface area contributed by atoms with E-state index in [2.05, 4.69) is 51.6 Å². The number of nitrogens with one attached hydrogen (secondary N) is 1. The van der Waals surface area contributed by atoms with Crippen molar-refractivity contribution in [3.63, 3.8) is 0 Å². The number of ether oxygens (including phenoxy) is 1. The summed E-state index contributed by atoms with van der Waals surface area (Å²) >= 11 is 5.37. The Kier molecular flexibility index (Phi) is 7.16. The summed E-state index contributed by atoms with van der Waals surface area (Å²) in [6, 6.07) is 2.23. The van der Waals surface area contributed by atoms with Crippen LogP contribution in [0.2, 0.25) is 0 Å². The van der Waals surface area contributed by atoms with Crippen LogP contribution in [0.25, 0.3) is 0 Å². The molecule has 1 aliphatic heterocycles. The molecular weight excluding hydrogens is 348 g/mol. The van der Waals surface area contributed by atoms with Crippen molar-refractivity contribution < 1.29 is 4.74 Å². The highest BCUT2D eigenvalue weighted by Gasteiger charge is 2.33. The molecule has 21 heavy (non-hydrogen) atoms. The van der Waals surface area contributed by atoms with Crippen molar-refractivity contribution in [2.45, 2.75) is 32.7 Å². The van der Waals surface area contributed by atoms with Crippen LogP contribution in [0.3, 0.4) is 0 Å². The van der Waals surface area contributed by atoms with Crippen molar-refractivity contribution in [3.8, 4) is 0 Å². The van der Waals surface area contributed by atoms with Gasteiger partial charge in [-0.05, 0) is 60.3 Å². The molecular formula is C16H27BrN2OS. The molecule has 120 valence electrons. The molecule has 0 radical (unpaired) electrons. The number of hydrogen-bond donors (Lipinski definition) is 1. The highest BCUT2D eigenvalue weighted by Crippen LogP contribution is 2.31. The highest BCUT2D eigenvalue weighted by molar-refractivity contribution is 9.10. The van der Waals surface area contributed by atoms with E-state index < -0.39 is 0 Å². The zero-order valence-corrected chi connectivity index (χ0v) is 15.6. The second-order valence-electron chi connectivity index (χ2n) is 6.19. The van der Waals surface area contributed by atoms with Gasteiger partial charge in [0.2, 0.25) is 0 Å². The van der Waals surface area contributed by atoms with E-state index >= 15 is 0 Å². The normalized spacial score (nSPS) is 18.3. The smallest absolute Gasteiger partial charge is 0.0472 e. The van der Waals surface area contributed by atoms with Gasteiger partial charge < -0.3 is 15.0 Å². The Balaban J connectivity index is 1.90. The van der Waals surface area contributed by atoms with Gasteiger partial charge in [0.05, 0.1) is 0 Å². The molecule has 1 saturated heterocycles. The van der Waals surface area contributed by atoms with Crippen LogP contribution >= 0.6 is 27.3 Å². The molecule has 0 bridgehead atoms. The topological polar surface area (TPSA) is 24.5 Å². The Morgan fingerprint density at radius 3 is 2.81 bits per heavy atom. The summed E-state index contributed by atoms with van der Waals surface area (Å²) in [6.07, 6.45) is 3.54. The number of halogens is 1. The molecule has 5 heteroatoms. The standard InChI is InChI=1S/C16H27BrN2OS/c1-3-6-18-12-16(4-7-20-8-5-16)13-19(2)10-15-9-14(17)11-21-15/h9,11,18H,3-8,10,12-13H2,1-2H3. The molecule has 1 aromatic rings. The molecule has 0 unspecified atom stereocenters. The fourth-order valence-electron chi connectivity index (χ4n) is 3.06. The zero-order valence-electron chi connectivity index (χ0n) is 13.2. The van der Waals surface area contributed by atoms with E-state index in [0.717, 1.165) is 39.4 Å². The maximum Gasteiger partial charge on any atom is 0.0472 e. The van der Waals surface area contributed by atoms with Crippen LogP contribution in [0.4, 0.5) is 0 Å². The first kappa shape index (κ1) is 17.4. The Bertz CT molecular complexity index is 418. The Labute approximate surface area is 141 Å². The van der Waals surface area contributed by atoms with E-state index in [1.165, 1.54) is 28.6 Å². The summed E-state index contributed by atoms with van der Waals surface area (Å²) in [6.45, 7) is 8.45. The molecule has 3 nitrogen and oxygen atoms in total. The van der Waals surface area contributed by atoms with Crippen molar-refractivity contribution in [2.24, 2.45) is 5.41 Å². The first-order valence-corrected chi connectivity index (χ1v) is 9.51. The summed E-state index contributed by atoms with van der Waals surface area (Å²) in [7, 11) is 2.24. The fourth-order valence-corrected chi connectivity index (χ4v) is 4.59. The van der Waals surface area contributed by atoms with Gasteiger partial charge in [-0.1, -0.05) is 6.92 Å². The zero-order chi connectivity index (χ0) is 15.1. The SMILES string of the molecule is CCCNCC1(CN(C)Cc2cc(Br)cs2)CCOCC1. The van der Waals surface area contributed by atoms with E-state index in [1.54, 1.807) is 0 Å². The van der Waals surface area contributed by atoms with Crippen LogP contribution in [0.1, 0.15) is 31.1 Å². The molecule has 0 atom stereocenters. The van der Waals surface area contributed by atoms with Crippen LogP contribution in [-0.4, -0.2) is 44.8 Å². The lowest BCUT2D eigenvalue weighted by Gasteiger charge is -2.40. The van der Waals surface area contributed by atoms with E-state index in [1.807, 2.05) is 11.3 Å². The Hall–Kier alpha value is 0.0600. The first-order chi connectivity index (χ1) is 10.1. The Morgan fingerprint density at radius 1 is 1.43 bits per heavy atom. The molecule has 0 amide bonds. The van der Waals surface area contributed by atoms with Crippen LogP contribution in [0, 0.1) is 5.41 Å². The molecule has 1 N–H and O–H groups in total. The van der Waals surface area contributed by atoms with E-state index in [0.29, 0.717) is 5.41 Å². The maximum atomic E-state index is 5.58. The van der Waals surface area contributed by atoms with Gasteiger partial charge in [-0.2, -0.15) is 0 Å². The van der Waals surface area contributed by atoms with Crippen LogP contribution in [0.15, 0.2) is 15.9 Å². The molecule has 1 aliphatic rings. The van der Waals surface area contributed by atoms with Gasteiger partial charge in [0.25, 0.3) is 0 Å². The lowest BCUT2D eigenvalue weighted by molar-refractivity contribution is -0.00142. The van der Waals surface area contributed by atoms with E-state index in [4.69, 9.17) is 4.74 Å². The second kappa shape index (κ2) is 8.63. The highest BCUT2D eigenvalue weighted by atomic mass is 79.9. The third-order valence-corrected chi connectivity index (χ3v) is 5.82. The Morgan fingerprint density at radius 2 is 2.19 bits per heavy atom. The largest absolute Gasteiger partial charge is 0.381 e. The van der Waals surface area contributed by atoms with E-state index in [-0.39, 0.29) is 0 Å². The van der Waals surface area contributed by atoms with Gasteiger partial charge in [-0.25, -0.2) is 0 Å². The maximum absolute atomic E-state index is 5.58. The van der Waals surface area contributed by atoms with Gasteiger partial charge >= 0.3 is 0 Å². The molecule has 2 rings (SSSR count). The van der Waals surface area contributed by atoms with E-state index in [9.17, 15) is 0 Å². The van der Waals surface area contributed by atoms with Crippen molar-refractivity contribution in [3.05, 3.63) is 20.8 Å². The number of thiophene rings is 1. The number of rotatable bonds is 8. The minimum absolute atomic E-state index is 0.372. The third-order valence-electron chi connectivity index (χ3n) is 4.13. The summed E-state index contributed by atoms with van der Waals surface area (Å²) < 4.78 is 6.78. The quantitative estimate of drug-likeness (QED) is 0.701.